The van der Waals surface area contributed by atoms with Gasteiger partial charge in [0.15, 0.2) is 0 Å². The van der Waals surface area contributed by atoms with E-state index in [9.17, 15) is 4.79 Å². The maximum Gasteiger partial charge on any atom is 0.306 e. The van der Waals surface area contributed by atoms with Crippen LogP contribution in [0.1, 0.15) is 12.8 Å². The third kappa shape index (κ3) is 3.43. The summed E-state index contributed by atoms with van der Waals surface area (Å²) in [4.78, 5) is 21.5. The molecule has 2 rings (SSSR count). The van der Waals surface area contributed by atoms with E-state index in [0.29, 0.717) is 25.3 Å². The number of aliphatic carboxylic acids is 1. The molecule has 1 saturated heterocycles. The molecule has 0 bridgehead atoms. The second-order valence-electron chi connectivity index (χ2n) is 4.51. The second-order valence-corrected chi connectivity index (χ2v) is 4.51. The number of nitrogens with zero attached hydrogens (tertiary/aromatic N) is 3. The molecule has 0 aliphatic carbocycles. The highest BCUT2D eigenvalue weighted by molar-refractivity contribution is 5.70. The zero-order valence-electron chi connectivity index (χ0n) is 10.7. The molecule has 1 aromatic rings. The Morgan fingerprint density at radius 3 is 2.95 bits per heavy atom. The van der Waals surface area contributed by atoms with E-state index in [0.717, 1.165) is 18.9 Å². The first-order chi connectivity index (χ1) is 9.20. The van der Waals surface area contributed by atoms with E-state index in [1.807, 2.05) is 6.07 Å². The van der Waals surface area contributed by atoms with Crippen LogP contribution in [0, 0.1) is 5.92 Å². The first kappa shape index (κ1) is 13.3. The van der Waals surface area contributed by atoms with E-state index in [2.05, 4.69) is 26.8 Å². The maximum absolute atomic E-state index is 10.9. The summed E-state index contributed by atoms with van der Waals surface area (Å²) < 4.78 is 0. The van der Waals surface area contributed by atoms with Gasteiger partial charge in [0.05, 0.1) is 5.92 Å². The van der Waals surface area contributed by atoms with Crippen LogP contribution in [0.15, 0.2) is 24.9 Å². The summed E-state index contributed by atoms with van der Waals surface area (Å²) in [5, 5.41) is 12.0. The van der Waals surface area contributed by atoms with Crippen molar-refractivity contribution in [1.82, 2.24) is 9.97 Å². The Morgan fingerprint density at radius 1 is 1.58 bits per heavy atom. The molecule has 0 aromatic carbocycles. The lowest BCUT2D eigenvalue weighted by Gasteiger charge is -2.31. The average molecular weight is 262 g/mol. The molecule has 1 aromatic heterocycles. The fraction of sp³-hybridized carbons (Fsp3) is 0.462. The normalized spacial score (nSPS) is 16.1. The van der Waals surface area contributed by atoms with Gasteiger partial charge in [-0.3, -0.25) is 4.79 Å². The highest BCUT2D eigenvalue weighted by atomic mass is 16.4. The Kier molecular flexibility index (Phi) is 4.33. The summed E-state index contributed by atoms with van der Waals surface area (Å²) in [6, 6.07) is 1.85. The number of anilines is 2. The fourth-order valence-corrected chi connectivity index (χ4v) is 2.13. The summed E-state index contributed by atoms with van der Waals surface area (Å²) in [5.74, 6) is 0.482. The van der Waals surface area contributed by atoms with Crippen molar-refractivity contribution < 1.29 is 9.90 Å². The van der Waals surface area contributed by atoms with Gasteiger partial charge in [0, 0.05) is 25.8 Å². The zero-order chi connectivity index (χ0) is 13.7. The molecule has 2 N–H and O–H groups in total. The third-order valence-electron chi connectivity index (χ3n) is 3.21. The summed E-state index contributed by atoms with van der Waals surface area (Å²) in [7, 11) is 0. The molecule has 1 fully saturated rings. The number of carbonyl (C=O) groups is 1. The van der Waals surface area contributed by atoms with E-state index in [-0.39, 0.29) is 5.92 Å². The van der Waals surface area contributed by atoms with Crippen LogP contribution < -0.4 is 10.2 Å². The lowest BCUT2D eigenvalue weighted by molar-refractivity contribution is -0.142. The minimum absolute atomic E-state index is 0.226. The quantitative estimate of drug-likeness (QED) is 0.780. The highest BCUT2D eigenvalue weighted by Gasteiger charge is 2.25. The number of aromatic nitrogens is 2. The third-order valence-corrected chi connectivity index (χ3v) is 3.21. The van der Waals surface area contributed by atoms with Gasteiger partial charge in [0.25, 0.3) is 0 Å². The van der Waals surface area contributed by atoms with Crippen LogP contribution in [0.5, 0.6) is 0 Å². The second kappa shape index (κ2) is 6.17. The van der Waals surface area contributed by atoms with Crippen LogP contribution >= 0.6 is 0 Å². The first-order valence-electron chi connectivity index (χ1n) is 6.36. The molecule has 6 heteroatoms. The van der Waals surface area contributed by atoms with Gasteiger partial charge in [-0.2, -0.15) is 4.98 Å². The molecule has 102 valence electrons. The monoisotopic (exact) mass is 262 g/mol. The SMILES string of the molecule is C=CCNc1nccc(N2CCC(C(=O)O)CC2)n1. The van der Waals surface area contributed by atoms with Gasteiger partial charge in [-0.15, -0.1) is 6.58 Å². The predicted octanol–water partition coefficient (Wildman–Crippen LogP) is 1.38. The summed E-state index contributed by atoms with van der Waals surface area (Å²) in [5.41, 5.74) is 0. The van der Waals surface area contributed by atoms with Gasteiger partial charge in [0.1, 0.15) is 5.82 Å². The number of piperidine rings is 1. The number of rotatable bonds is 5. The lowest BCUT2D eigenvalue weighted by Crippen LogP contribution is -2.36. The van der Waals surface area contributed by atoms with Crippen molar-refractivity contribution in [2.75, 3.05) is 29.9 Å². The summed E-state index contributed by atoms with van der Waals surface area (Å²) in [6.45, 7) is 5.68. The van der Waals surface area contributed by atoms with Crippen molar-refractivity contribution in [2.24, 2.45) is 5.92 Å². The van der Waals surface area contributed by atoms with Crippen molar-refractivity contribution in [3.63, 3.8) is 0 Å². The van der Waals surface area contributed by atoms with Gasteiger partial charge in [-0.25, -0.2) is 4.98 Å². The molecular weight excluding hydrogens is 244 g/mol. The molecule has 0 radical (unpaired) electrons. The van der Waals surface area contributed by atoms with Crippen LogP contribution in [0.3, 0.4) is 0 Å². The predicted molar refractivity (Wildman–Crippen MR) is 73.3 cm³/mol. The van der Waals surface area contributed by atoms with Crippen molar-refractivity contribution in [3.05, 3.63) is 24.9 Å². The molecule has 0 amide bonds. The number of carboxylic acid groups (broad SMARTS) is 1. The van der Waals surface area contributed by atoms with Crippen molar-refractivity contribution in [2.45, 2.75) is 12.8 Å². The average Bonchev–Trinajstić information content (AvgIpc) is 2.45. The Hall–Kier alpha value is -2.11. The fourth-order valence-electron chi connectivity index (χ4n) is 2.13. The summed E-state index contributed by atoms with van der Waals surface area (Å²) in [6.07, 6.45) is 4.77. The number of carboxylic acids is 1. The Bertz CT molecular complexity index is 456. The molecule has 0 unspecified atom stereocenters. The zero-order valence-corrected chi connectivity index (χ0v) is 10.7. The lowest BCUT2D eigenvalue weighted by atomic mass is 9.97. The molecule has 0 spiro atoms. The van der Waals surface area contributed by atoms with E-state index in [1.54, 1.807) is 12.3 Å². The highest BCUT2D eigenvalue weighted by Crippen LogP contribution is 2.22. The van der Waals surface area contributed by atoms with E-state index in [1.165, 1.54) is 0 Å². The minimum atomic E-state index is -0.698. The minimum Gasteiger partial charge on any atom is -0.481 e. The van der Waals surface area contributed by atoms with Crippen LogP contribution in [0.4, 0.5) is 11.8 Å². The van der Waals surface area contributed by atoms with Crippen molar-refractivity contribution >= 4 is 17.7 Å². The molecule has 1 aliphatic rings. The standard InChI is InChI=1S/C13H18N4O2/c1-2-6-14-13-15-7-3-11(16-13)17-8-4-10(5-9-17)12(18)19/h2-3,7,10H,1,4-6,8-9H2,(H,18,19)(H,14,15,16). The van der Waals surface area contributed by atoms with Gasteiger partial charge < -0.3 is 15.3 Å². The molecule has 2 heterocycles. The number of hydrogen-bond acceptors (Lipinski definition) is 5. The Balaban J connectivity index is 1.99. The first-order valence-corrected chi connectivity index (χ1v) is 6.36. The Labute approximate surface area is 112 Å². The van der Waals surface area contributed by atoms with Crippen molar-refractivity contribution in [1.29, 1.82) is 0 Å². The molecule has 19 heavy (non-hydrogen) atoms. The largest absolute Gasteiger partial charge is 0.481 e. The van der Waals surface area contributed by atoms with Gasteiger partial charge in [0.2, 0.25) is 5.95 Å². The van der Waals surface area contributed by atoms with Crippen LogP contribution in [0.25, 0.3) is 0 Å². The Morgan fingerprint density at radius 2 is 2.32 bits per heavy atom. The number of nitrogens with one attached hydrogen (secondary N) is 1. The van der Waals surface area contributed by atoms with Gasteiger partial charge in [-0.1, -0.05) is 6.08 Å². The molecule has 6 nitrogen and oxygen atoms in total. The van der Waals surface area contributed by atoms with Crippen LogP contribution in [-0.4, -0.2) is 40.7 Å². The van der Waals surface area contributed by atoms with Crippen molar-refractivity contribution in [3.8, 4) is 0 Å². The molecule has 0 saturated carbocycles. The molecular formula is C13H18N4O2. The summed E-state index contributed by atoms with van der Waals surface area (Å²) >= 11 is 0. The van der Waals surface area contributed by atoms with E-state index < -0.39 is 5.97 Å². The van der Waals surface area contributed by atoms with E-state index >= 15 is 0 Å². The topological polar surface area (TPSA) is 78.4 Å². The maximum atomic E-state index is 10.9. The molecule has 0 atom stereocenters. The van der Waals surface area contributed by atoms with Crippen LogP contribution in [0.2, 0.25) is 0 Å². The number of hydrogen-bond donors (Lipinski definition) is 2. The van der Waals surface area contributed by atoms with E-state index in [4.69, 9.17) is 5.11 Å². The molecule has 1 aliphatic heterocycles. The van der Waals surface area contributed by atoms with Gasteiger partial charge in [-0.05, 0) is 18.9 Å². The smallest absolute Gasteiger partial charge is 0.306 e. The van der Waals surface area contributed by atoms with Crippen LogP contribution in [-0.2, 0) is 4.79 Å². The van der Waals surface area contributed by atoms with Gasteiger partial charge >= 0.3 is 5.97 Å².